The van der Waals surface area contributed by atoms with E-state index in [-0.39, 0.29) is 0 Å². The fourth-order valence-corrected chi connectivity index (χ4v) is 0.282. The molecule has 5 nitrogen and oxygen atoms in total. The van der Waals surface area contributed by atoms with Crippen LogP contribution in [0.2, 0.25) is 0 Å². The Morgan fingerprint density at radius 3 is 1.90 bits per heavy atom. The lowest BCUT2D eigenvalue weighted by Gasteiger charge is -2.03. The van der Waals surface area contributed by atoms with Crippen LogP contribution in [0, 0.1) is 0 Å². The van der Waals surface area contributed by atoms with Gasteiger partial charge in [-0.05, 0) is 0 Å². The number of carboxylic acids is 2. The molecule has 0 spiro atoms. The third kappa shape index (κ3) is 1.87. The Kier molecular flexibility index (Phi) is 2.57. The van der Waals surface area contributed by atoms with Crippen LogP contribution >= 0.6 is 0 Å². The van der Waals surface area contributed by atoms with Gasteiger partial charge >= 0.3 is 11.9 Å². The molecule has 0 aliphatic rings. The van der Waals surface area contributed by atoms with Crippen LogP contribution in [0.1, 0.15) is 0 Å². The summed E-state index contributed by atoms with van der Waals surface area (Å²) in [6.07, 6.45) is 0. The first-order chi connectivity index (χ1) is 4.46. The van der Waals surface area contributed by atoms with Gasteiger partial charge < -0.3 is 15.9 Å². The van der Waals surface area contributed by atoms with Gasteiger partial charge in [-0.25, -0.2) is 4.79 Å². The van der Waals surface area contributed by atoms with Crippen molar-refractivity contribution < 1.29 is 19.8 Å². The molecule has 10 heavy (non-hydrogen) atoms. The van der Waals surface area contributed by atoms with E-state index in [0.29, 0.717) is 0 Å². The molecule has 0 radical (unpaired) electrons. The van der Waals surface area contributed by atoms with Crippen LogP contribution < -0.4 is 5.73 Å². The first kappa shape index (κ1) is 8.64. The van der Waals surface area contributed by atoms with E-state index in [2.05, 4.69) is 6.58 Å². The Morgan fingerprint density at radius 2 is 1.80 bits per heavy atom. The number of nitrogens with two attached hydrogens (primary N) is 1. The van der Waals surface area contributed by atoms with Crippen molar-refractivity contribution in [2.45, 2.75) is 6.04 Å². The van der Waals surface area contributed by atoms with Crippen molar-refractivity contribution in [1.29, 1.82) is 0 Å². The highest BCUT2D eigenvalue weighted by Gasteiger charge is 2.20. The van der Waals surface area contributed by atoms with Crippen LogP contribution in [0.4, 0.5) is 0 Å². The number of hydrogen-bond acceptors (Lipinski definition) is 3. The van der Waals surface area contributed by atoms with Crippen molar-refractivity contribution in [2.24, 2.45) is 5.73 Å². The summed E-state index contributed by atoms with van der Waals surface area (Å²) in [7, 11) is 0. The van der Waals surface area contributed by atoms with Gasteiger partial charge in [0.1, 0.15) is 6.04 Å². The molecule has 0 fully saturated rings. The van der Waals surface area contributed by atoms with Gasteiger partial charge in [-0.3, -0.25) is 4.79 Å². The number of hydrogen-bond donors (Lipinski definition) is 3. The molecule has 4 N–H and O–H groups in total. The summed E-state index contributed by atoms with van der Waals surface area (Å²) in [5.41, 5.74) is 4.36. The largest absolute Gasteiger partial charge is 0.480 e. The maximum atomic E-state index is 10.0. The standard InChI is InChI=1S/C5H7NO4/c1-2(4(7)8)3(6)5(9)10/h3H,1,6H2,(H,7,8)(H,9,10)/t3-/m1/s1. The van der Waals surface area contributed by atoms with E-state index in [1.54, 1.807) is 0 Å². The zero-order valence-corrected chi connectivity index (χ0v) is 5.07. The highest BCUT2D eigenvalue weighted by molar-refractivity contribution is 5.95. The fourth-order valence-electron chi connectivity index (χ4n) is 0.282. The normalized spacial score (nSPS) is 12.1. The van der Waals surface area contributed by atoms with Gasteiger partial charge in [0.25, 0.3) is 0 Å². The minimum Gasteiger partial charge on any atom is -0.480 e. The topological polar surface area (TPSA) is 101 Å². The van der Waals surface area contributed by atoms with Crippen molar-refractivity contribution in [3.63, 3.8) is 0 Å². The molecule has 56 valence electrons. The molecule has 0 saturated carbocycles. The average Bonchev–Trinajstić information content (AvgIpc) is 1.84. The number of aliphatic carboxylic acids is 2. The predicted molar refractivity (Wildman–Crippen MR) is 32.4 cm³/mol. The Hall–Kier alpha value is -1.36. The van der Waals surface area contributed by atoms with Gasteiger partial charge in [0, 0.05) is 0 Å². The Morgan fingerprint density at radius 1 is 1.40 bits per heavy atom. The molecule has 0 aromatic rings. The molecule has 0 aliphatic carbocycles. The van der Waals surface area contributed by atoms with Crippen LogP contribution in [0.15, 0.2) is 12.2 Å². The van der Waals surface area contributed by atoms with E-state index in [1.165, 1.54) is 0 Å². The summed E-state index contributed by atoms with van der Waals surface area (Å²) < 4.78 is 0. The molecule has 0 bridgehead atoms. The predicted octanol–water partition coefficient (Wildman–Crippen LogP) is -0.961. The lowest BCUT2D eigenvalue weighted by molar-refractivity contribution is -0.140. The number of carbonyl (C=O) groups is 2. The van der Waals surface area contributed by atoms with Gasteiger partial charge in [0.15, 0.2) is 0 Å². The molecule has 0 amide bonds. The SMILES string of the molecule is C=C(C(=O)O)[C@@H](N)C(=O)O. The quantitative estimate of drug-likeness (QED) is 0.444. The minimum atomic E-state index is -1.52. The van der Waals surface area contributed by atoms with Gasteiger partial charge in [0.2, 0.25) is 0 Å². The second kappa shape index (κ2) is 2.98. The second-order valence-corrected chi connectivity index (χ2v) is 1.65. The number of rotatable bonds is 3. The van der Waals surface area contributed by atoms with Crippen LogP contribution in [0.5, 0.6) is 0 Å². The van der Waals surface area contributed by atoms with E-state index < -0.39 is 23.6 Å². The van der Waals surface area contributed by atoms with E-state index in [0.717, 1.165) is 0 Å². The monoisotopic (exact) mass is 145 g/mol. The summed E-state index contributed by atoms with van der Waals surface area (Å²) in [6, 6.07) is -1.52. The summed E-state index contributed by atoms with van der Waals surface area (Å²) in [5, 5.41) is 16.3. The molecule has 0 aromatic carbocycles. The van der Waals surface area contributed by atoms with Crippen LogP contribution in [0.25, 0.3) is 0 Å². The highest BCUT2D eigenvalue weighted by Crippen LogP contribution is 1.95. The molecular weight excluding hydrogens is 138 g/mol. The average molecular weight is 145 g/mol. The maximum Gasteiger partial charge on any atom is 0.333 e. The first-order valence-electron chi connectivity index (χ1n) is 2.37. The lowest BCUT2D eigenvalue weighted by Crippen LogP contribution is -2.34. The summed E-state index contributed by atoms with van der Waals surface area (Å²) >= 11 is 0. The van der Waals surface area contributed by atoms with E-state index in [1.807, 2.05) is 0 Å². The van der Waals surface area contributed by atoms with Crippen LogP contribution in [-0.2, 0) is 9.59 Å². The molecular formula is C5H7NO4. The van der Waals surface area contributed by atoms with Crippen LogP contribution in [0.3, 0.4) is 0 Å². The molecule has 0 rings (SSSR count). The molecule has 0 unspecified atom stereocenters. The minimum absolute atomic E-state index is 0.521. The molecule has 5 heteroatoms. The third-order valence-corrected chi connectivity index (χ3v) is 0.916. The van der Waals surface area contributed by atoms with Crippen molar-refractivity contribution in [3.05, 3.63) is 12.2 Å². The summed E-state index contributed by atoms with van der Waals surface area (Å²) in [6.45, 7) is 2.97. The maximum absolute atomic E-state index is 10.0. The third-order valence-electron chi connectivity index (χ3n) is 0.916. The van der Waals surface area contributed by atoms with E-state index in [9.17, 15) is 9.59 Å². The smallest absolute Gasteiger partial charge is 0.333 e. The van der Waals surface area contributed by atoms with Crippen molar-refractivity contribution >= 4 is 11.9 Å². The molecule has 0 aromatic heterocycles. The van der Waals surface area contributed by atoms with Crippen molar-refractivity contribution in [1.82, 2.24) is 0 Å². The Labute approximate surface area is 56.8 Å². The molecule has 1 atom stereocenters. The van der Waals surface area contributed by atoms with Crippen molar-refractivity contribution in [2.75, 3.05) is 0 Å². The van der Waals surface area contributed by atoms with Gasteiger partial charge in [-0.15, -0.1) is 0 Å². The second-order valence-electron chi connectivity index (χ2n) is 1.65. The summed E-state index contributed by atoms with van der Waals surface area (Å²) in [5.74, 6) is -2.79. The van der Waals surface area contributed by atoms with Gasteiger partial charge in [-0.1, -0.05) is 6.58 Å². The summed E-state index contributed by atoms with van der Waals surface area (Å²) in [4.78, 5) is 20.0. The van der Waals surface area contributed by atoms with Crippen molar-refractivity contribution in [3.8, 4) is 0 Å². The Balaban J connectivity index is 4.22. The van der Waals surface area contributed by atoms with Gasteiger partial charge in [-0.2, -0.15) is 0 Å². The first-order valence-corrected chi connectivity index (χ1v) is 2.37. The van der Waals surface area contributed by atoms with Gasteiger partial charge in [0.05, 0.1) is 5.57 Å². The van der Waals surface area contributed by atoms with Crippen LogP contribution in [-0.4, -0.2) is 28.2 Å². The van der Waals surface area contributed by atoms with E-state index in [4.69, 9.17) is 15.9 Å². The molecule has 0 heterocycles. The lowest BCUT2D eigenvalue weighted by atomic mass is 10.1. The zero-order chi connectivity index (χ0) is 8.31. The Bertz CT molecular complexity index is 186. The number of carboxylic acid groups (broad SMARTS) is 2. The fraction of sp³-hybridized carbons (Fsp3) is 0.200. The van der Waals surface area contributed by atoms with E-state index >= 15 is 0 Å². The molecule has 0 saturated heterocycles. The molecule has 0 aliphatic heterocycles. The zero-order valence-electron chi connectivity index (χ0n) is 5.07. The highest BCUT2D eigenvalue weighted by atomic mass is 16.4.